The van der Waals surface area contributed by atoms with Gasteiger partial charge in [0.25, 0.3) is 10.0 Å². The Kier molecular flexibility index (Phi) is 4.15. The van der Waals surface area contributed by atoms with Crippen LogP contribution in [0.4, 0.5) is 20.3 Å². The molecular weight excluding hydrogens is 368 g/mol. The van der Waals surface area contributed by atoms with Gasteiger partial charge < -0.3 is 5.73 Å². The molecular formula is C12H10BrF2N3O2S. The summed E-state index contributed by atoms with van der Waals surface area (Å²) in [7, 11) is -4.45. The van der Waals surface area contributed by atoms with Crippen molar-refractivity contribution in [1.82, 2.24) is 4.98 Å². The van der Waals surface area contributed by atoms with Gasteiger partial charge in [0.2, 0.25) is 0 Å². The van der Waals surface area contributed by atoms with Crippen molar-refractivity contribution in [3.8, 4) is 0 Å². The Labute approximate surface area is 128 Å². The van der Waals surface area contributed by atoms with Crippen molar-refractivity contribution in [3.63, 3.8) is 0 Å². The van der Waals surface area contributed by atoms with Gasteiger partial charge in [-0.2, -0.15) is 0 Å². The number of hydrogen-bond donors (Lipinski definition) is 2. The van der Waals surface area contributed by atoms with E-state index in [0.29, 0.717) is 10.2 Å². The smallest absolute Gasteiger partial charge is 0.268 e. The van der Waals surface area contributed by atoms with Crippen LogP contribution in [-0.2, 0) is 10.0 Å². The Hall–Kier alpha value is -1.74. The number of benzene rings is 1. The predicted molar refractivity (Wildman–Crippen MR) is 78.3 cm³/mol. The molecule has 0 unspecified atom stereocenters. The molecule has 0 radical (unpaired) electrons. The summed E-state index contributed by atoms with van der Waals surface area (Å²) >= 11 is 3.21. The molecule has 9 heteroatoms. The zero-order chi connectivity index (χ0) is 15.8. The summed E-state index contributed by atoms with van der Waals surface area (Å²) in [6.45, 7) is 1.65. The molecule has 0 spiro atoms. The molecule has 1 aromatic carbocycles. The third-order valence-electron chi connectivity index (χ3n) is 2.55. The maximum atomic E-state index is 13.7. The molecule has 21 heavy (non-hydrogen) atoms. The van der Waals surface area contributed by atoms with Gasteiger partial charge in [0.15, 0.2) is 4.90 Å². The maximum Gasteiger partial charge on any atom is 0.268 e. The Morgan fingerprint density at radius 3 is 2.33 bits per heavy atom. The van der Waals surface area contributed by atoms with E-state index < -0.39 is 26.6 Å². The molecule has 3 N–H and O–H groups in total. The van der Waals surface area contributed by atoms with Crippen molar-refractivity contribution in [2.45, 2.75) is 11.8 Å². The minimum Gasteiger partial charge on any atom is -0.399 e. The van der Waals surface area contributed by atoms with Crippen molar-refractivity contribution in [2.75, 3.05) is 10.5 Å². The number of nitrogens with zero attached hydrogens (tertiary/aromatic N) is 1. The molecule has 2 aromatic rings. The van der Waals surface area contributed by atoms with Gasteiger partial charge in [-0.05, 0) is 47.1 Å². The highest BCUT2D eigenvalue weighted by Gasteiger charge is 2.25. The normalized spacial score (nSPS) is 11.4. The molecule has 0 fully saturated rings. The summed E-state index contributed by atoms with van der Waals surface area (Å²) < 4.78 is 54.2. The number of nitrogens with two attached hydrogens (primary N) is 1. The molecule has 0 saturated heterocycles. The fourth-order valence-corrected chi connectivity index (χ4v) is 2.97. The van der Waals surface area contributed by atoms with Gasteiger partial charge in [0.05, 0.1) is 5.69 Å². The molecule has 0 saturated carbocycles. The van der Waals surface area contributed by atoms with Crippen molar-refractivity contribution < 1.29 is 17.2 Å². The highest BCUT2D eigenvalue weighted by molar-refractivity contribution is 9.10. The van der Waals surface area contributed by atoms with Gasteiger partial charge in [-0.3, -0.25) is 4.72 Å². The number of anilines is 2. The number of halogens is 3. The fourth-order valence-electron chi connectivity index (χ4n) is 1.63. The Morgan fingerprint density at radius 1 is 1.24 bits per heavy atom. The molecule has 0 bridgehead atoms. The second-order valence-electron chi connectivity index (χ2n) is 4.18. The number of aryl methyl sites for hydroxylation is 1. The molecule has 0 aliphatic heterocycles. The van der Waals surface area contributed by atoms with Gasteiger partial charge in [-0.25, -0.2) is 22.2 Å². The minimum absolute atomic E-state index is 0.0497. The van der Waals surface area contributed by atoms with Gasteiger partial charge in [-0.1, -0.05) is 0 Å². The molecule has 2 rings (SSSR count). The molecule has 1 heterocycles. The molecule has 0 amide bonds. The van der Waals surface area contributed by atoms with Crippen LogP contribution in [0.2, 0.25) is 0 Å². The van der Waals surface area contributed by atoms with Crippen LogP contribution in [0.1, 0.15) is 5.69 Å². The van der Waals surface area contributed by atoms with Crippen molar-refractivity contribution in [1.29, 1.82) is 0 Å². The van der Waals surface area contributed by atoms with Crippen LogP contribution in [0, 0.1) is 18.6 Å². The first kappa shape index (κ1) is 15.6. The summed E-state index contributed by atoms with van der Waals surface area (Å²) in [6, 6.07) is 4.40. The lowest BCUT2D eigenvalue weighted by atomic mass is 10.3. The Morgan fingerprint density at radius 2 is 1.81 bits per heavy atom. The number of aromatic nitrogens is 1. The first-order chi connectivity index (χ1) is 9.70. The predicted octanol–water partition coefficient (Wildman–Crippen LogP) is 2.81. The largest absolute Gasteiger partial charge is 0.399 e. The van der Waals surface area contributed by atoms with Crippen LogP contribution in [0.5, 0.6) is 0 Å². The zero-order valence-electron chi connectivity index (χ0n) is 10.7. The van der Waals surface area contributed by atoms with Crippen LogP contribution in [0.3, 0.4) is 0 Å². The average molecular weight is 378 g/mol. The number of nitrogens with one attached hydrogen (secondary N) is 1. The third-order valence-corrected chi connectivity index (χ3v) is 4.79. The monoisotopic (exact) mass is 377 g/mol. The van der Waals surface area contributed by atoms with E-state index in [9.17, 15) is 17.2 Å². The maximum absolute atomic E-state index is 13.7. The number of rotatable bonds is 3. The van der Waals surface area contributed by atoms with Crippen molar-refractivity contribution in [2.24, 2.45) is 0 Å². The molecule has 5 nitrogen and oxygen atoms in total. The summed E-state index contributed by atoms with van der Waals surface area (Å²) in [6.07, 6.45) is 0. The number of pyridine rings is 1. The number of nitrogen functional groups attached to an aromatic ring is 1. The SMILES string of the molecule is Cc1nc(NS(=O)(=O)c2c(F)cc(N)cc2F)ccc1Br. The molecule has 0 aliphatic carbocycles. The first-order valence-corrected chi connectivity index (χ1v) is 7.89. The van der Waals surface area contributed by atoms with E-state index in [1.165, 1.54) is 6.07 Å². The van der Waals surface area contributed by atoms with E-state index >= 15 is 0 Å². The van der Waals surface area contributed by atoms with E-state index in [-0.39, 0.29) is 11.5 Å². The Bertz CT molecular complexity index is 789. The third kappa shape index (κ3) is 3.30. The van der Waals surface area contributed by atoms with Gasteiger partial charge >= 0.3 is 0 Å². The molecule has 0 atom stereocenters. The first-order valence-electron chi connectivity index (χ1n) is 5.61. The Balaban J connectivity index is 2.46. The van der Waals surface area contributed by atoms with Crippen molar-refractivity contribution >= 4 is 37.5 Å². The second-order valence-corrected chi connectivity index (χ2v) is 6.66. The highest BCUT2D eigenvalue weighted by Crippen LogP contribution is 2.24. The van der Waals surface area contributed by atoms with Gasteiger partial charge in [0, 0.05) is 10.2 Å². The van der Waals surface area contributed by atoms with E-state index in [4.69, 9.17) is 5.73 Å². The van der Waals surface area contributed by atoms with E-state index in [0.717, 1.165) is 12.1 Å². The lowest BCUT2D eigenvalue weighted by Crippen LogP contribution is -2.17. The zero-order valence-corrected chi connectivity index (χ0v) is 13.1. The van der Waals surface area contributed by atoms with Gasteiger partial charge in [0.1, 0.15) is 17.5 Å². The van der Waals surface area contributed by atoms with Crippen molar-refractivity contribution in [3.05, 3.63) is 46.1 Å². The highest BCUT2D eigenvalue weighted by atomic mass is 79.9. The van der Waals surface area contributed by atoms with Crippen LogP contribution in [0.25, 0.3) is 0 Å². The van der Waals surface area contributed by atoms with Crippen LogP contribution in [0.15, 0.2) is 33.6 Å². The summed E-state index contributed by atoms with van der Waals surface area (Å²) in [5.41, 5.74) is 5.56. The van der Waals surface area contributed by atoms with E-state index in [1.807, 2.05) is 4.72 Å². The second kappa shape index (κ2) is 5.57. The summed E-state index contributed by atoms with van der Waals surface area (Å²) in [4.78, 5) is 2.86. The summed E-state index contributed by atoms with van der Waals surface area (Å²) in [5, 5.41) is 0. The fraction of sp³-hybridized carbons (Fsp3) is 0.0833. The van der Waals surface area contributed by atoms with Gasteiger partial charge in [-0.15, -0.1) is 0 Å². The molecule has 1 aromatic heterocycles. The van der Waals surface area contributed by atoms with Crippen LogP contribution < -0.4 is 10.5 Å². The van der Waals surface area contributed by atoms with E-state index in [1.54, 1.807) is 13.0 Å². The number of sulfonamides is 1. The lowest BCUT2D eigenvalue weighted by Gasteiger charge is -2.10. The standard InChI is InChI=1S/C12H10BrF2N3O2S/c1-6-8(13)2-3-11(17-6)18-21(19,20)12-9(14)4-7(16)5-10(12)15/h2-5H,16H2,1H3,(H,17,18). The lowest BCUT2D eigenvalue weighted by molar-refractivity contribution is 0.522. The topological polar surface area (TPSA) is 85.1 Å². The molecule has 0 aliphatic rings. The average Bonchev–Trinajstić information content (AvgIpc) is 2.31. The van der Waals surface area contributed by atoms with Crippen LogP contribution in [-0.4, -0.2) is 13.4 Å². The minimum atomic E-state index is -4.45. The van der Waals surface area contributed by atoms with E-state index in [2.05, 4.69) is 20.9 Å². The molecule has 112 valence electrons. The summed E-state index contributed by atoms with van der Waals surface area (Å²) in [5.74, 6) is -2.59. The number of hydrogen-bond acceptors (Lipinski definition) is 4. The quantitative estimate of drug-likeness (QED) is 0.805. The van der Waals surface area contributed by atoms with Crippen LogP contribution >= 0.6 is 15.9 Å².